The fourth-order valence-corrected chi connectivity index (χ4v) is 4.91. The molecule has 0 amide bonds. The van der Waals surface area contributed by atoms with Gasteiger partial charge >= 0.3 is 0 Å². The fourth-order valence-electron chi connectivity index (χ4n) is 4.12. The topological polar surface area (TPSA) is 60.9 Å². The average molecular weight is 411 g/mol. The Balaban J connectivity index is 1.32. The predicted octanol–water partition coefficient (Wildman–Crippen LogP) is 4.21. The van der Waals surface area contributed by atoms with Crippen molar-refractivity contribution in [1.82, 2.24) is 24.8 Å². The Labute approximate surface area is 172 Å². The van der Waals surface area contributed by atoms with Crippen molar-refractivity contribution in [3.63, 3.8) is 0 Å². The lowest BCUT2D eigenvalue weighted by Crippen LogP contribution is -2.47. The molecule has 4 aromatic rings. The van der Waals surface area contributed by atoms with Gasteiger partial charge in [0.05, 0.1) is 32.5 Å². The summed E-state index contributed by atoms with van der Waals surface area (Å²) in [5.74, 6) is 0.689. The number of hydrogen-bond donors (Lipinski definition) is 1. The molecule has 150 valence electrons. The lowest BCUT2D eigenvalue weighted by Gasteiger charge is -2.39. The monoisotopic (exact) mass is 410 g/mol. The zero-order valence-electron chi connectivity index (χ0n) is 16.7. The zero-order chi connectivity index (χ0) is 20.1. The number of thiazole rings is 1. The first-order chi connectivity index (χ1) is 14.0. The van der Waals surface area contributed by atoms with Crippen LogP contribution in [0.2, 0.25) is 0 Å². The molecule has 0 unspecified atom stereocenters. The number of pyridine rings is 1. The lowest BCUT2D eigenvalue weighted by molar-refractivity contribution is 0.192. The SMILES string of the molecule is Cc1nc2ccc(N3CCN([C@@H](C)c4nc5nc(C)sc5cc4F)CC3)cc2[nH]1. The van der Waals surface area contributed by atoms with E-state index in [1.165, 1.54) is 17.0 Å². The molecule has 1 aliphatic rings. The van der Waals surface area contributed by atoms with Crippen LogP contribution in [0, 0.1) is 19.7 Å². The number of imidazole rings is 1. The number of benzene rings is 1. The van der Waals surface area contributed by atoms with E-state index in [1.54, 1.807) is 6.07 Å². The maximum Gasteiger partial charge on any atom is 0.171 e. The molecular formula is C21H23FN6S. The van der Waals surface area contributed by atoms with E-state index in [-0.39, 0.29) is 11.9 Å². The Morgan fingerprint density at radius 1 is 1.07 bits per heavy atom. The van der Waals surface area contributed by atoms with Gasteiger partial charge in [-0.1, -0.05) is 0 Å². The molecule has 1 aromatic carbocycles. The molecule has 0 radical (unpaired) electrons. The van der Waals surface area contributed by atoms with Crippen LogP contribution in [0.4, 0.5) is 10.1 Å². The number of aromatic nitrogens is 4. The largest absolute Gasteiger partial charge is 0.369 e. The molecular weight excluding hydrogens is 387 g/mol. The first kappa shape index (κ1) is 18.4. The van der Waals surface area contributed by atoms with Crippen LogP contribution in [0.25, 0.3) is 21.4 Å². The first-order valence-electron chi connectivity index (χ1n) is 9.87. The molecule has 0 spiro atoms. The van der Waals surface area contributed by atoms with Gasteiger partial charge in [0.25, 0.3) is 0 Å². The average Bonchev–Trinajstić information content (AvgIpc) is 3.26. The molecule has 1 atom stereocenters. The second kappa shape index (κ2) is 7.03. The Morgan fingerprint density at radius 2 is 1.86 bits per heavy atom. The predicted molar refractivity (Wildman–Crippen MR) is 115 cm³/mol. The third kappa shape index (κ3) is 3.36. The maximum atomic E-state index is 14.7. The molecule has 1 N–H and O–H groups in total. The number of nitrogens with one attached hydrogen (secondary N) is 1. The van der Waals surface area contributed by atoms with Gasteiger partial charge in [0.2, 0.25) is 0 Å². The van der Waals surface area contributed by atoms with Gasteiger partial charge in [0, 0.05) is 31.9 Å². The van der Waals surface area contributed by atoms with E-state index in [0.717, 1.165) is 52.7 Å². The van der Waals surface area contributed by atoms with Crippen molar-refractivity contribution in [2.45, 2.75) is 26.8 Å². The van der Waals surface area contributed by atoms with Crippen LogP contribution < -0.4 is 4.90 Å². The lowest BCUT2D eigenvalue weighted by atomic mass is 10.1. The second-order valence-electron chi connectivity index (χ2n) is 7.63. The molecule has 8 heteroatoms. The molecule has 0 bridgehead atoms. The van der Waals surface area contributed by atoms with Crippen molar-refractivity contribution in [3.05, 3.63) is 46.6 Å². The molecule has 0 saturated carbocycles. The normalized spacial score (nSPS) is 16.8. The summed E-state index contributed by atoms with van der Waals surface area (Å²) in [4.78, 5) is 21.4. The number of anilines is 1. The van der Waals surface area contributed by atoms with E-state index in [2.05, 4.69) is 47.9 Å². The van der Waals surface area contributed by atoms with Crippen molar-refractivity contribution in [2.24, 2.45) is 0 Å². The van der Waals surface area contributed by atoms with Gasteiger partial charge in [-0.05, 0) is 45.0 Å². The Bertz CT molecular complexity index is 1190. The molecule has 4 heterocycles. The van der Waals surface area contributed by atoms with Crippen LogP contribution >= 0.6 is 11.3 Å². The van der Waals surface area contributed by atoms with Crippen LogP contribution in [0.5, 0.6) is 0 Å². The van der Waals surface area contributed by atoms with Crippen LogP contribution in [0.3, 0.4) is 0 Å². The van der Waals surface area contributed by atoms with Crippen molar-refractivity contribution in [2.75, 3.05) is 31.1 Å². The van der Waals surface area contributed by atoms with Gasteiger partial charge in [0.1, 0.15) is 11.6 Å². The standard InChI is InChI=1S/C21H23FN6S/c1-12(20-16(22)11-19-21(26-20)25-14(3)29-19)27-6-8-28(9-7-27)15-4-5-17-18(10-15)24-13(2)23-17/h4-5,10-12H,6-9H2,1-3H3,(H,23,24)/t12-/m0/s1. The number of nitrogens with zero attached hydrogens (tertiary/aromatic N) is 5. The molecule has 1 saturated heterocycles. The summed E-state index contributed by atoms with van der Waals surface area (Å²) in [5, 5.41) is 0.912. The number of rotatable bonds is 3. The van der Waals surface area contributed by atoms with Gasteiger partial charge in [-0.3, -0.25) is 4.90 Å². The smallest absolute Gasteiger partial charge is 0.171 e. The highest BCUT2D eigenvalue weighted by molar-refractivity contribution is 7.18. The van der Waals surface area contributed by atoms with Gasteiger partial charge in [-0.2, -0.15) is 0 Å². The van der Waals surface area contributed by atoms with Gasteiger partial charge in [0.15, 0.2) is 5.65 Å². The maximum absolute atomic E-state index is 14.7. The number of piperazine rings is 1. The van der Waals surface area contributed by atoms with Crippen molar-refractivity contribution in [3.8, 4) is 0 Å². The second-order valence-corrected chi connectivity index (χ2v) is 8.87. The number of halogens is 1. The van der Waals surface area contributed by atoms with E-state index in [4.69, 9.17) is 0 Å². The number of H-pyrrole nitrogens is 1. The molecule has 1 aliphatic heterocycles. The van der Waals surface area contributed by atoms with E-state index in [9.17, 15) is 4.39 Å². The van der Waals surface area contributed by atoms with Crippen LogP contribution in [0.1, 0.15) is 29.5 Å². The minimum absolute atomic E-state index is 0.0821. The fraction of sp³-hybridized carbons (Fsp3) is 0.381. The van der Waals surface area contributed by atoms with Gasteiger partial charge in [-0.15, -0.1) is 11.3 Å². The molecule has 3 aromatic heterocycles. The molecule has 5 rings (SSSR count). The van der Waals surface area contributed by atoms with Crippen molar-refractivity contribution < 1.29 is 4.39 Å². The van der Waals surface area contributed by atoms with E-state index in [1.807, 2.05) is 20.8 Å². The molecule has 1 fully saturated rings. The third-order valence-electron chi connectivity index (χ3n) is 5.68. The van der Waals surface area contributed by atoms with Crippen LogP contribution in [-0.2, 0) is 0 Å². The molecule has 0 aliphatic carbocycles. The van der Waals surface area contributed by atoms with Gasteiger partial charge in [-0.25, -0.2) is 19.3 Å². The van der Waals surface area contributed by atoms with Crippen LogP contribution in [-0.4, -0.2) is 51.0 Å². The number of aromatic amines is 1. The van der Waals surface area contributed by atoms with E-state index < -0.39 is 0 Å². The summed E-state index contributed by atoms with van der Waals surface area (Å²) in [6.07, 6.45) is 0. The third-order valence-corrected chi connectivity index (χ3v) is 6.58. The van der Waals surface area contributed by atoms with Crippen molar-refractivity contribution >= 4 is 38.4 Å². The van der Waals surface area contributed by atoms with E-state index >= 15 is 0 Å². The highest BCUT2D eigenvalue weighted by Gasteiger charge is 2.26. The number of fused-ring (bicyclic) bond motifs is 2. The molecule has 6 nitrogen and oxygen atoms in total. The Morgan fingerprint density at radius 3 is 2.66 bits per heavy atom. The summed E-state index contributed by atoms with van der Waals surface area (Å²) in [7, 11) is 0. The minimum Gasteiger partial charge on any atom is -0.369 e. The Kier molecular flexibility index (Phi) is 4.48. The molecule has 29 heavy (non-hydrogen) atoms. The highest BCUT2D eigenvalue weighted by Crippen LogP contribution is 2.29. The summed E-state index contributed by atoms with van der Waals surface area (Å²) >= 11 is 1.48. The summed E-state index contributed by atoms with van der Waals surface area (Å²) in [6, 6.07) is 7.85. The summed E-state index contributed by atoms with van der Waals surface area (Å²) in [6.45, 7) is 9.43. The van der Waals surface area contributed by atoms with Gasteiger partial charge < -0.3 is 9.88 Å². The number of aryl methyl sites for hydroxylation is 2. The summed E-state index contributed by atoms with van der Waals surface area (Å²) < 4.78 is 15.5. The minimum atomic E-state index is -0.240. The highest BCUT2D eigenvalue weighted by atomic mass is 32.1. The quantitative estimate of drug-likeness (QED) is 0.548. The van der Waals surface area contributed by atoms with E-state index in [0.29, 0.717) is 11.3 Å². The first-order valence-corrected chi connectivity index (χ1v) is 10.7. The summed E-state index contributed by atoms with van der Waals surface area (Å²) in [5.41, 5.74) is 4.39. The van der Waals surface area contributed by atoms with Crippen molar-refractivity contribution in [1.29, 1.82) is 0 Å². The zero-order valence-corrected chi connectivity index (χ0v) is 17.6. The van der Waals surface area contributed by atoms with Crippen LogP contribution in [0.15, 0.2) is 24.3 Å². The number of hydrogen-bond acceptors (Lipinski definition) is 6. The Hall–Kier alpha value is -2.58.